The molecule has 0 saturated heterocycles. The highest BCUT2D eigenvalue weighted by atomic mass is 16.5. The minimum atomic E-state index is -0.939. The van der Waals surface area contributed by atoms with Crippen molar-refractivity contribution in [1.29, 1.82) is 0 Å². The predicted molar refractivity (Wildman–Crippen MR) is 79.3 cm³/mol. The van der Waals surface area contributed by atoms with E-state index in [0.29, 0.717) is 25.6 Å². The van der Waals surface area contributed by atoms with E-state index in [1.165, 1.54) is 0 Å². The molecule has 1 aromatic rings. The topological polar surface area (TPSA) is 71.5 Å². The average molecular weight is 278 g/mol. The summed E-state index contributed by atoms with van der Waals surface area (Å²) in [6.45, 7) is 9.33. The fourth-order valence-corrected chi connectivity index (χ4v) is 1.68. The summed E-state index contributed by atoms with van der Waals surface area (Å²) < 4.78 is 5.37. The molecule has 5 nitrogen and oxygen atoms in total. The predicted octanol–water partition coefficient (Wildman–Crippen LogP) is 2.74. The maximum atomic E-state index is 11.1. The van der Waals surface area contributed by atoms with Crippen molar-refractivity contribution in [2.45, 2.75) is 26.7 Å². The molecule has 0 aromatic carbocycles. The standard InChI is InChI=1S/C15H22N2O3/c1-4-5-13-8-12(15(18)19)9-14(17-13)16-6-7-20-10-11(2)3/h8-9H,2,4-7,10H2,1,3H3,(H,16,17)(H,18,19). The first-order valence-electron chi connectivity index (χ1n) is 6.73. The third kappa shape index (κ3) is 5.84. The normalized spacial score (nSPS) is 10.3. The van der Waals surface area contributed by atoms with E-state index in [-0.39, 0.29) is 5.56 Å². The molecule has 0 aliphatic carbocycles. The first-order chi connectivity index (χ1) is 9.52. The highest BCUT2D eigenvalue weighted by molar-refractivity contribution is 5.88. The second kappa shape index (κ2) is 8.32. The number of carboxylic acid groups (broad SMARTS) is 1. The van der Waals surface area contributed by atoms with Crippen molar-refractivity contribution in [2.75, 3.05) is 25.1 Å². The highest BCUT2D eigenvalue weighted by Crippen LogP contribution is 2.12. The second-order valence-corrected chi connectivity index (χ2v) is 4.72. The number of nitrogens with one attached hydrogen (secondary N) is 1. The van der Waals surface area contributed by atoms with Gasteiger partial charge < -0.3 is 15.2 Å². The van der Waals surface area contributed by atoms with Crippen LogP contribution in [0.1, 0.15) is 36.3 Å². The number of rotatable bonds is 9. The number of nitrogens with zero attached hydrogens (tertiary/aromatic N) is 1. The molecule has 5 heteroatoms. The van der Waals surface area contributed by atoms with Gasteiger partial charge >= 0.3 is 5.97 Å². The Hall–Kier alpha value is -1.88. The molecule has 0 radical (unpaired) electrons. The van der Waals surface area contributed by atoms with Gasteiger partial charge in [-0.2, -0.15) is 0 Å². The number of hydrogen-bond donors (Lipinski definition) is 2. The smallest absolute Gasteiger partial charge is 0.335 e. The molecule has 0 saturated carbocycles. The number of ether oxygens (including phenoxy) is 1. The first-order valence-corrected chi connectivity index (χ1v) is 6.73. The number of aromatic nitrogens is 1. The Morgan fingerprint density at radius 2 is 2.25 bits per heavy atom. The van der Waals surface area contributed by atoms with E-state index in [1.54, 1.807) is 12.1 Å². The van der Waals surface area contributed by atoms with Crippen LogP contribution < -0.4 is 5.32 Å². The summed E-state index contributed by atoms with van der Waals surface area (Å²) in [4.78, 5) is 15.5. The van der Waals surface area contributed by atoms with Gasteiger partial charge in [-0.3, -0.25) is 0 Å². The van der Waals surface area contributed by atoms with Crippen LogP contribution in [0.5, 0.6) is 0 Å². The molecule has 0 amide bonds. The monoisotopic (exact) mass is 278 g/mol. The van der Waals surface area contributed by atoms with Crippen molar-refractivity contribution < 1.29 is 14.6 Å². The van der Waals surface area contributed by atoms with Crippen molar-refractivity contribution >= 4 is 11.8 Å². The molecule has 0 fully saturated rings. The van der Waals surface area contributed by atoms with Gasteiger partial charge in [-0.05, 0) is 25.5 Å². The van der Waals surface area contributed by atoms with E-state index >= 15 is 0 Å². The van der Waals surface area contributed by atoms with Crippen LogP contribution in [0.25, 0.3) is 0 Å². The molecule has 1 aromatic heterocycles. The van der Waals surface area contributed by atoms with Crippen LogP contribution in [0.4, 0.5) is 5.82 Å². The van der Waals surface area contributed by atoms with Crippen LogP contribution in [0.15, 0.2) is 24.3 Å². The summed E-state index contributed by atoms with van der Waals surface area (Å²) in [5, 5.41) is 12.2. The molecule has 0 bridgehead atoms. The fourth-order valence-electron chi connectivity index (χ4n) is 1.68. The van der Waals surface area contributed by atoms with Gasteiger partial charge in [-0.1, -0.05) is 25.5 Å². The maximum absolute atomic E-state index is 11.1. The largest absolute Gasteiger partial charge is 0.478 e. The maximum Gasteiger partial charge on any atom is 0.335 e. The lowest BCUT2D eigenvalue weighted by Gasteiger charge is -2.09. The van der Waals surface area contributed by atoms with Gasteiger partial charge in [-0.25, -0.2) is 9.78 Å². The molecule has 0 aliphatic rings. The average Bonchev–Trinajstić information content (AvgIpc) is 2.38. The van der Waals surface area contributed by atoms with E-state index in [4.69, 9.17) is 9.84 Å². The van der Waals surface area contributed by atoms with Gasteiger partial charge in [0.05, 0.1) is 18.8 Å². The molecule has 0 atom stereocenters. The van der Waals surface area contributed by atoms with Crippen molar-refractivity contribution in [3.63, 3.8) is 0 Å². The fraction of sp³-hybridized carbons (Fsp3) is 0.467. The van der Waals surface area contributed by atoms with Crippen molar-refractivity contribution in [3.8, 4) is 0 Å². The molecule has 0 spiro atoms. The van der Waals surface area contributed by atoms with E-state index < -0.39 is 5.97 Å². The van der Waals surface area contributed by atoms with Gasteiger partial charge in [0.1, 0.15) is 5.82 Å². The minimum absolute atomic E-state index is 0.258. The van der Waals surface area contributed by atoms with Crippen LogP contribution in [0.3, 0.4) is 0 Å². The molecule has 0 aliphatic heterocycles. The number of carbonyl (C=O) groups is 1. The lowest BCUT2D eigenvalue weighted by molar-refractivity contribution is 0.0696. The Bertz CT molecular complexity index is 472. The summed E-state index contributed by atoms with van der Waals surface area (Å²) in [7, 11) is 0. The Kier molecular flexibility index (Phi) is 6.73. The van der Waals surface area contributed by atoms with Crippen LogP contribution in [0.2, 0.25) is 0 Å². The molecule has 1 rings (SSSR count). The van der Waals surface area contributed by atoms with E-state index in [9.17, 15) is 4.79 Å². The van der Waals surface area contributed by atoms with Gasteiger partial charge in [0.15, 0.2) is 0 Å². The Balaban J connectivity index is 2.59. The SMILES string of the molecule is C=C(C)COCCNc1cc(C(=O)O)cc(CCC)n1. The first kappa shape index (κ1) is 16.2. The molecule has 110 valence electrons. The summed E-state index contributed by atoms with van der Waals surface area (Å²) in [6, 6.07) is 3.16. The highest BCUT2D eigenvalue weighted by Gasteiger charge is 2.08. The second-order valence-electron chi connectivity index (χ2n) is 4.72. The number of anilines is 1. The Morgan fingerprint density at radius 3 is 2.85 bits per heavy atom. The van der Waals surface area contributed by atoms with Crippen molar-refractivity contribution in [3.05, 3.63) is 35.5 Å². The number of aryl methyl sites for hydroxylation is 1. The third-order valence-electron chi connectivity index (χ3n) is 2.53. The van der Waals surface area contributed by atoms with Crippen molar-refractivity contribution in [2.24, 2.45) is 0 Å². The molecular weight excluding hydrogens is 256 g/mol. The summed E-state index contributed by atoms with van der Waals surface area (Å²) >= 11 is 0. The lowest BCUT2D eigenvalue weighted by atomic mass is 10.1. The zero-order valence-electron chi connectivity index (χ0n) is 12.1. The number of carboxylic acids is 1. The molecule has 0 unspecified atom stereocenters. The Labute approximate surface area is 119 Å². The zero-order valence-corrected chi connectivity index (χ0v) is 12.1. The molecular formula is C15H22N2O3. The van der Waals surface area contributed by atoms with Crippen LogP contribution in [-0.4, -0.2) is 35.8 Å². The minimum Gasteiger partial charge on any atom is -0.478 e. The molecule has 2 N–H and O–H groups in total. The van der Waals surface area contributed by atoms with E-state index in [1.807, 2.05) is 13.8 Å². The molecule has 20 heavy (non-hydrogen) atoms. The number of pyridine rings is 1. The third-order valence-corrected chi connectivity index (χ3v) is 2.53. The van der Waals surface area contributed by atoms with Gasteiger partial charge in [-0.15, -0.1) is 0 Å². The summed E-state index contributed by atoms with van der Waals surface area (Å²) in [5.41, 5.74) is 2.02. The quantitative estimate of drug-likeness (QED) is 0.537. The van der Waals surface area contributed by atoms with Crippen molar-refractivity contribution in [1.82, 2.24) is 4.98 Å². The zero-order chi connectivity index (χ0) is 15.0. The lowest BCUT2D eigenvalue weighted by Crippen LogP contribution is -2.12. The van der Waals surface area contributed by atoms with E-state index in [2.05, 4.69) is 16.9 Å². The molecule has 1 heterocycles. The van der Waals surface area contributed by atoms with Crippen LogP contribution in [-0.2, 0) is 11.2 Å². The van der Waals surface area contributed by atoms with E-state index in [0.717, 1.165) is 24.1 Å². The van der Waals surface area contributed by atoms with Crippen LogP contribution in [0, 0.1) is 0 Å². The van der Waals surface area contributed by atoms with Crippen LogP contribution >= 0.6 is 0 Å². The summed E-state index contributed by atoms with van der Waals surface area (Å²) in [5.74, 6) is -0.362. The van der Waals surface area contributed by atoms with Gasteiger partial charge in [0.2, 0.25) is 0 Å². The van der Waals surface area contributed by atoms with Gasteiger partial charge in [0.25, 0.3) is 0 Å². The summed E-state index contributed by atoms with van der Waals surface area (Å²) in [6.07, 6.45) is 1.69. The number of aromatic carboxylic acids is 1. The number of hydrogen-bond acceptors (Lipinski definition) is 4. The Morgan fingerprint density at radius 1 is 1.50 bits per heavy atom. The van der Waals surface area contributed by atoms with Gasteiger partial charge in [0, 0.05) is 12.2 Å².